The number of rotatable bonds is 10. The summed E-state index contributed by atoms with van der Waals surface area (Å²) in [6.07, 6.45) is 1.90. The molecule has 0 radical (unpaired) electrons. The van der Waals surface area contributed by atoms with E-state index in [1.807, 2.05) is 13.0 Å². The summed E-state index contributed by atoms with van der Waals surface area (Å²) >= 11 is 6.35. The Morgan fingerprint density at radius 1 is 1.38 bits per heavy atom. The van der Waals surface area contributed by atoms with Crippen molar-refractivity contribution >= 4 is 28.7 Å². The predicted molar refractivity (Wildman–Crippen MR) is 115 cm³/mol. The summed E-state index contributed by atoms with van der Waals surface area (Å²) in [4.78, 5) is 29.0. The van der Waals surface area contributed by atoms with Gasteiger partial charge in [0.25, 0.3) is 0 Å². The van der Waals surface area contributed by atoms with Crippen LogP contribution in [0.2, 0.25) is 5.02 Å². The number of carbonyl (C=O) groups is 1. The van der Waals surface area contributed by atoms with Gasteiger partial charge in [-0.15, -0.1) is 0 Å². The van der Waals surface area contributed by atoms with Gasteiger partial charge in [-0.2, -0.15) is 0 Å². The molecule has 0 saturated heterocycles. The molecule has 11 heteroatoms. The molecule has 1 atom stereocenters. The molecule has 0 saturated carbocycles. The van der Waals surface area contributed by atoms with Crippen molar-refractivity contribution in [3.63, 3.8) is 0 Å². The number of ether oxygens (including phenoxy) is 2. The molecule has 32 heavy (non-hydrogen) atoms. The van der Waals surface area contributed by atoms with E-state index in [0.717, 1.165) is 15.8 Å². The average Bonchev–Trinajstić information content (AvgIpc) is 3.06. The summed E-state index contributed by atoms with van der Waals surface area (Å²) in [6, 6.07) is 6.60. The quantitative estimate of drug-likeness (QED) is 0.296. The maximum absolute atomic E-state index is 12.4. The van der Waals surface area contributed by atoms with Gasteiger partial charge >= 0.3 is 11.7 Å². The molecule has 0 amide bonds. The number of aromatic nitrogens is 2. The van der Waals surface area contributed by atoms with Crippen LogP contribution in [0.1, 0.15) is 17.7 Å². The minimum Gasteiger partial charge on any atom is -0.487 e. The Balaban J connectivity index is 1.85. The van der Waals surface area contributed by atoms with Crippen molar-refractivity contribution in [1.29, 1.82) is 0 Å². The van der Waals surface area contributed by atoms with E-state index in [-0.39, 0.29) is 42.4 Å². The third-order valence-corrected chi connectivity index (χ3v) is 5.18. The third-order valence-electron chi connectivity index (χ3n) is 4.89. The lowest BCUT2D eigenvalue weighted by Gasteiger charge is -2.25. The van der Waals surface area contributed by atoms with Gasteiger partial charge in [0, 0.05) is 36.5 Å². The molecule has 0 fully saturated rings. The van der Waals surface area contributed by atoms with Gasteiger partial charge in [0.2, 0.25) is 0 Å². The Kier molecular flexibility index (Phi) is 7.52. The Labute approximate surface area is 188 Å². The van der Waals surface area contributed by atoms with E-state index in [4.69, 9.17) is 36.3 Å². The first-order chi connectivity index (χ1) is 15.3. The number of carbonyl (C=O) groups excluding carboxylic acids is 1. The maximum atomic E-state index is 12.4. The first-order valence-corrected chi connectivity index (χ1v) is 10.2. The third kappa shape index (κ3) is 5.10. The van der Waals surface area contributed by atoms with E-state index >= 15 is 0 Å². The van der Waals surface area contributed by atoms with Crippen molar-refractivity contribution in [2.45, 2.75) is 32.0 Å². The largest absolute Gasteiger partial charge is 0.487 e. The molecule has 172 valence electrons. The van der Waals surface area contributed by atoms with E-state index in [2.05, 4.69) is 4.98 Å². The van der Waals surface area contributed by atoms with Crippen molar-refractivity contribution in [3.8, 4) is 5.75 Å². The van der Waals surface area contributed by atoms with Crippen molar-refractivity contribution in [1.82, 2.24) is 9.55 Å². The smallest absolute Gasteiger partial charge is 0.420 e. The number of benzene rings is 1. The molecule has 10 nitrogen and oxygen atoms in total. The zero-order valence-corrected chi connectivity index (χ0v) is 18.2. The zero-order valence-electron chi connectivity index (χ0n) is 17.4. The van der Waals surface area contributed by atoms with E-state index in [1.165, 1.54) is 12.1 Å². The molecule has 0 aliphatic heterocycles. The molecule has 4 N–H and O–H groups in total. The number of aliphatic hydroxyl groups excluding tert-OH is 2. The highest BCUT2D eigenvalue weighted by atomic mass is 35.5. The Morgan fingerprint density at radius 3 is 2.84 bits per heavy atom. The molecular weight excluding hydrogens is 442 g/mol. The summed E-state index contributed by atoms with van der Waals surface area (Å²) in [5, 5.41) is 18.7. The molecule has 2 aromatic heterocycles. The highest BCUT2D eigenvalue weighted by Crippen LogP contribution is 2.31. The van der Waals surface area contributed by atoms with Crippen LogP contribution in [0.3, 0.4) is 0 Å². The average molecular weight is 466 g/mol. The van der Waals surface area contributed by atoms with Gasteiger partial charge in [-0.25, -0.2) is 9.59 Å². The number of aryl methyl sites for hydroxylation is 1. The van der Waals surface area contributed by atoms with Crippen LogP contribution in [0.15, 0.2) is 39.7 Å². The standard InChI is InChI=1S/C21H24ClN3O7/c1-13-14(4-2-5-24-13)10-31-17-9-18-16(8-15(17)22)25(20(29)32-18)11-21(23,12-27)19(28)30-7-3-6-26/h2,4-5,8-9,26-27H,3,6-7,10-12,23H2,1H3. The fraction of sp³-hybridized carbons (Fsp3) is 0.381. The van der Waals surface area contributed by atoms with Gasteiger partial charge in [-0.3, -0.25) is 9.55 Å². The number of aliphatic hydroxyl groups is 2. The van der Waals surface area contributed by atoms with E-state index < -0.39 is 30.4 Å². The van der Waals surface area contributed by atoms with Crippen LogP contribution in [0.4, 0.5) is 0 Å². The number of hydrogen-bond acceptors (Lipinski definition) is 9. The highest BCUT2D eigenvalue weighted by molar-refractivity contribution is 6.32. The number of esters is 1. The Hall–Kier alpha value is -2.92. The van der Waals surface area contributed by atoms with E-state index in [9.17, 15) is 14.7 Å². The number of oxazole rings is 1. The lowest BCUT2D eigenvalue weighted by molar-refractivity contribution is -0.152. The second-order valence-corrected chi connectivity index (χ2v) is 7.68. The summed E-state index contributed by atoms with van der Waals surface area (Å²) in [7, 11) is 0. The Bertz CT molecular complexity index is 1160. The van der Waals surface area contributed by atoms with Crippen molar-refractivity contribution in [2.75, 3.05) is 19.8 Å². The van der Waals surface area contributed by atoms with Crippen LogP contribution >= 0.6 is 11.6 Å². The molecule has 3 rings (SSSR count). The minimum absolute atomic E-state index is 0.0712. The van der Waals surface area contributed by atoms with Crippen molar-refractivity contribution in [3.05, 3.63) is 57.3 Å². The van der Waals surface area contributed by atoms with Crippen LogP contribution in [-0.4, -0.2) is 51.1 Å². The van der Waals surface area contributed by atoms with Gasteiger partial charge in [0.05, 0.1) is 30.3 Å². The maximum Gasteiger partial charge on any atom is 0.420 e. The van der Waals surface area contributed by atoms with E-state index in [0.29, 0.717) is 5.75 Å². The van der Waals surface area contributed by atoms with Gasteiger partial charge in [0.15, 0.2) is 11.1 Å². The number of nitrogens with zero attached hydrogens (tertiary/aromatic N) is 2. The topological polar surface area (TPSA) is 150 Å². The van der Waals surface area contributed by atoms with Gasteiger partial charge in [0.1, 0.15) is 12.4 Å². The van der Waals surface area contributed by atoms with Gasteiger partial charge < -0.3 is 29.8 Å². The monoisotopic (exact) mass is 465 g/mol. The van der Waals surface area contributed by atoms with Crippen molar-refractivity contribution < 1.29 is 28.9 Å². The normalized spacial score (nSPS) is 13.2. The molecule has 0 aliphatic carbocycles. The summed E-state index contributed by atoms with van der Waals surface area (Å²) < 4.78 is 17.1. The van der Waals surface area contributed by atoms with E-state index in [1.54, 1.807) is 12.3 Å². The first-order valence-electron chi connectivity index (χ1n) is 9.83. The second-order valence-electron chi connectivity index (χ2n) is 7.27. The summed E-state index contributed by atoms with van der Waals surface area (Å²) in [5.41, 5.74) is 6.26. The summed E-state index contributed by atoms with van der Waals surface area (Å²) in [6.45, 7) is 0.656. The SMILES string of the molecule is Cc1ncccc1COc1cc2oc(=O)n(CC(N)(CO)C(=O)OCCCO)c2cc1Cl. The summed E-state index contributed by atoms with van der Waals surface area (Å²) in [5.74, 6) is -1.40. The van der Waals surface area contributed by atoms with Crippen LogP contribution in [0.25, 0.3) is 11.1 Å². The second kappa shape index (κ2) is 10.1. The molecule has 1 aromatic carbocycles. The van der Waals surface area contributed by atoms with Crippen LogP contribution in [0.5, 0.6) is 5.75 Å². The molecular formula is C21H24ClN3O7. The van der Waals surface area contributed by atoms with Crippen LogP contribution < -0.4 is 16.2 Å². The molecule has 0 bridgehead atoms. The van der Waals surface area contributed by atoms with Crippen LogP contribution in [-0.2, 0) is 22.7 Å². The van der Waals surface area contributed by atoms with Crippen molar-refractivity contribution in [2.24, 2.45) is 5.73 Å². The molecule has 1 unspecified atom stereocenters. The molecule has 0 spiro atoms. The number of nitrogens with two attached hydrogens (primary N) is 1. The fourth-order valence-corrected chi connectivity index (χ4v) is 3.20. The molecule has 0 aliphatic rings. The molecule has 2 heterocycles. The number of pyridine rings is 1. The van der Waals surface area contributed by atoms with Gasteiger partial charge in [-0.1, -0.05) is 17.7 Å². The number of fused-ring (bicyclic) bond motifs is 1. The fourth-order valence-electron chi connectivity index (χ4n) is 2.98. The number of halogens is 1. The lowest BCUT2D eigenvalue weighted by Crippen LogP contribution is -2.56. The highest BCUT2D eigenvalue weighted by Gasteiger charge is 2.37. The zero-order chi connectivity index (χ0) is 23.3. The van der Waals surface area contributed by atoms with Crippen LogP contribution in [0, 0.1) is 6.92 Å². The number of hydrogen-bond donors (Lipinski definition) is 3. The lowest BCUT2D eigenvalue weighted by atomic mass is 10.0. The van der Waals surface area contributed by atoms with Gasteiger partial charge in [-0.05, 0) is 19.1 Å². The minimum atomic E-state index is -1.89. The first kappa shape index (κ1) is 23.7. The molecule has 3 aromatic rings. The Morgan fingerprint density at radius 2 is 2.16 bits per heavy atom. The predicted octanol–water partition coefficient (Wildman–Crippen LogP) is 1.15.